The van der Waals surface area contributed by atoms with Crippen LogP contribution in [0.1, 0.15) is 45.4 Å². The molecule has 0 spiro atoms. The van der Waals surface area contributed by atoms with E-state index < -0.39 is 0 Å². The van der Waals surface area contributed by atoms with Gasteiger partial charge >= 0.3 is 0 Å². The summed E-state index contributed by atoms with van der Waals surface area (Å²) in [6.45, 7) is 9.76. The lowest BCUT2D eigenvalue weighted by Gasteiger charge is -2.43. The zero-order valence-corrected chi connectivity index (χ0v) is 22.4. The predicted molar refractivity (Wildman–Crippen MR) is 142 cm³/mol. The van der Waals surface area contributed by atoms with Crippen molar-refractivity contribution in [1.82, 2.24) is 30.2 Å². The summed E-state index contributed by atoms with van der Waals surface area (Å²) in [5, 5.41) is 7.55. The van der Waals surface area contributed by atoms with Crippen LogP contribution in [0.15, 0.2) is 33.9 Å². The van der Waals surface area contributed by atoms with Gasteiger partial charge in [-0.05, 0) is 49.7 Å². The molecule has 0 unspecified atom stereocenters. The molecule has 0 amide bonds. The predicted octanol–water partition coefficient (Wildman–Crippen LogP) is 3.70. The van der Waals surface area contributed by atoms with Crippen molar-refractivity contribution in [3.63, 3.8) is 0 Å². The molecule has 2 aromatic rings. The van der Waals surface area contributed by atoms with Gasteiger partial charge in [-0.15, -0.1) is 24.0 Å². The number of aliphatic imine (C=N–C) groups is 1. The molecule has 0 atom stereocenters. The Morgan fingerprint density at radius 1 is 1.15 bits per heavy atom. The number of aromatic nitrogens is 3. The van der Waals surface area contributed by atoms with Crippen molar-refractivity contribution < 1.29 is 4.52 Å². The van der Waals surface area contributed by atoms with Crippen molar-refractivity contribution in [2.45, 2.75) is 52.0 Å². The number of hydrogen-bond acceptors (Lipinski definition) is 6. The summed E-state index contributed by atoms with van der Waals surface area (Å²) in [5.74, 6) is 3.85. The summed E-state index contributed by atoms with van der Waals surface area (Å²) in [6, 6.07) is 6.42. The third kappa shape index (κ3) is 6.88. The number of nitrogens with one attached hydrogen (secondary N) is 1. The Hall–Kier alpha value is -1.75. The number of nitrogens with zero attached hydrogens (tertiary/aromatic N) is 6. The second-order valence-electron chi connectivity index (χ2n) is 9.29. The number of halogens is 1. The minimum Gasteiger partial charge on any atom is -0.356 e. The highest BCUT2D eigenvalue weighted by Crippen LogP contribution is 2.32. The van der Waals surface area contributed by atoms with Gasteiger partial charge in [0.05, 0.1) is 0 Å². The SMILES string of the molecule is CN=C(NCCc1noc(-c2ccccn2)n1)N1CCN(C2CCC(C(C)C)CC2)CC1.I. The second-order valence-corrected chi connectivity index (χ2v) is 9.29. The van der Waals surface area contributed by atoms with Crippen LogP contribution in [0.25, 0.3) is 11.6 Å². The molecule has 1 aliphatic heterocycles. The Morgan fingerprint density at radius 2 is 1.91 bits per heavy atom. The van der Waals surface area contributed by atoms with Gasteiger partial charge in [0.2, 0.25) is 0 Å². The van der Waals surface area contributed by atoms with Crippen molar-refractivity contribution >= 4 is 29.9 Å². The van der Waals surface area contributed by atoms with Gasteiger partial charge in [0.25, 0.3) is 5.89 Å². The van der Waals surface area contributed by atoms with Gasteiger partial charge in [0.15, 0.2) is 11.8 Å². The number of piperazine rings is 1. The van der Waals surface area contributed by atoms with Gasteiger partial charge in [-0.3, -0.25) is 14.9 Å². The van der Waals surface area contributed by atoms with Crippen molar-refractivity contribution in [3.8, 4) is 11.6 Å². The van der Waals surface area contributed by atoms with E-state index in [4.69, 9.17) is 4.52 Å². The van der Waals surface area contributed by atoms with Gasteiger partial charge in [-0.1, -0.05) is 25.1 Å². The van der Waals surface area contributed by atoms with Gasteiger partial charge in [0.1, 0.15) is 5.69 Å². The van der Waals surface area contributed by atoms with E-state index in [-0.39, 0.29) is 24.0 Å². The molecule has 3 heterocycles. The summed E-state index contributed by atoms with van der Waals surface area (Å²) < 4.78 is 5.34. The van der Waals surface area contributed by atoms with E-state index in [2.05, 4.69) is 49.1 Å². The van der Waals surface area contributed by atoms with E-state index in [1.807, 2.05) is 25.2 Å². The fourth-order valence-corrected chi connectivity index (χ4v) is 5.00. The maximum atomic E-state index is 5.34. The minimum absolute atomic E-state index is 0. The Morgan fingerprint density at radius 3 is 2.55 bits per heavy atom. The van der Waals surface area contributed by atoms with Crippen molar-refractivity contribution in [2.24, 2.45) is 16.8 Å². The Labute approximate surface area is 214 Å². The van der Waals surface area contributed by atoms with Gasteiger partial charge < -0.3 is 14.7 Å². The van der Waals surface area contributed by atoms with Gasteiger partial charge in [-0.2, -0.15) is 4.98 Å². The first-order valence-corrected chi connectivity index (χ1v) is 12.1. The fraction of sp³-hybridized carbons (Fsp3) is 0.667. The topological polar surface area (TPSA) is 82.7 Å². The molecule has 1 saturated carbocycles. The highest BCUT2D eigenvalue weighted by atomic mass is 127. The lowest BCUT2D eigenvalue weighted by atomic mass is 9.79. The first-order chi connectivity index (χ1) is 15.6. The lowest BCUT2D eigenvalue weighted by molar-refractivity contribution is 0.0864. The summed E-state index contributed by atoms with van der Waals surface area (Å²) >= 11 is 0. The van der Waals surface area contributed by atoms with Crippen LogP contribution in [0, 0.1) is 11.8 Å². The average Bonchev–Trinajstić information content (AvgIpc) is 3.32. The quantitative estimate of drug-likeness (QED) is 0.324. The molecule has 182 valence electrons. The van der Waals surface area contributed by atoms with E-state index in [9.17, 15) is 0 Å². The molecule has 4 rings (SSSR count). The molecule has 2 aliphatic rings. The minimum atomic E-state index is 0. The number of hydrogen-bond donors (Lipinski definition) is 1. The normalized spacial score (nSPS) is 22.3. The molecule has 0 bridgehead atoms. The van der Waals surface area contributed by atoms with E-state index in [0.717, 1.165) is 50.0 Å². The number of rotatable bonds is 6. The largest absolute Gasteiger partial charge is 0.356 e. The van der Waals surface area contributed by atoms with Crippen LogP contribution < -0.4 is 5.32 Å². The maximum Gasteiger partial charge on any atom is 0.276 e. The lowest BCUT2D eigenvalue weighted by Crippen LogP contribution is -2.55. The van der Waals surface area contributed by atoms with Crippen LogP contribution in [0.3, 0.4) is 0 Å². The molecule has 1 saturated heterocycles. The van der Waals surface area contributed by atoms with E-state index in [1.54, 1.807) is 6.20 Å². The van der Waals surface area contributed by atoms with E-state index in [1.165, 1.54) is 25.7 Å². The van der Waals surface area contributed by atoms with Gasteiger partial charge in [-0.25, -0.2) is 0 Å². The molecule has 2 fully saturated rings. The first-order valence-electron chi connectivity index (χ1n) is 12.1. The van der Waals surface area contributed by atoms with Crippen LogP contribution in [0.5, 0.6) is 0 Å². The van der Waals surface area contributed by atoms with Gasteiger partial charge in [0, 0.05) is 58.4 Å². The van der Waals surface area contributed by atoms with Crippen molar-refractivity contribution in [1.29, 1.82) is 0 Å². The van der Waals surface area contributed by atoms with Crippen LogP contribution in [0.2, 0.25) is 0 Å². The molecule has 1 aliphatic carbocycles. The fourth-order valence-electron chi connectivity index (χ4n) is 5.00. The Balaban J connectivity index is 0.00000306. The molecule has 2 aromatic heterocycles. The number of guanidine groups is 1. The Bertz CT molecular complexity index is 857. The third-order valence-electron chi connectivity index (χ3n) is 7.01. The monoisotopic (exact) mass is 567 g/mol. The van der Waals surface area contributed by atoms with Crippen LogP contribution in [-0.4, -0.2) is 76.7 Å². The van der Waals surface area contributed by atoms with Crippen molar-refractivity contribution in [3.05, 3.63) is 30.2 Å². The number of pyridine rings is 1. The average molecular weight is 568 g/mol. The molecule has 9 heteroatoms. The zero-order chi connectivity index (χ0) is 22.3. The molecule has 8 nitrogen and oxygen atoms in total. The summed E-state index contributed by atoms with van der Waals surface area (Å²) in [5.41, 5.74) is 0.700. The standard InChI is InChI=1S/C24H37N7O.HI/c1-18(2)19-7-9-20(10-8-19)30-14-16-31(17-15-30)24(25-3)27-13-11-22-28-23(32-29-22)21-6-4-5-12-26-21;/h4-6,12,18-20H,7-11,13-17H2,1-3H3,(H,25,27);1H. The van der Waals surface area contributed by atoms with E-state index >= 15 is 0 Å². The molecule has 0 radical (unpaired) electrons. The second kappa shape index (κ2) is 12.6. The zero-order valence-electron chi connectivity index (χ0n) is 20.1. The third-order valence-corrected chi connectivity index (χ3v) is 7.01. The highest BCUT2D eigenvalue weighted by Gasteiger charge is 2.29. The Kier molecular flexibility index (Phi) is 9.91. The van der Waals surface area contributed by atoms with Crippen LogP contribution in [0.4, 0.5) is 0 Å². The summed E-state index contributed by atoms with van der Waals surface area (Å²) in [6.07, 6.45) is 7.91. The van der Waals surface area contributed by atoms with Crippen molar-refractivity contribution in [2.75, 3.05) is 39.8 Å². The molecule has 1 N–H and O–H groups in total. The highest BCUT2D eigenvalue weighted by molar-refractivity contribution is 14.0. The molecule has 33 heavy (non-hydrogen) atoms. The smallest absolute Gasteiger partial charge is 0.276 e. The van der Waals surface area contributed by atoms with E-state index in [0.29, 0.717) is 30.4 Å². The first kappa shape index (κ1) is 25.9. The van der Waals surface area contributed by atoms with Crippen LogP contribution in [-0.2, 0) is 6.42 Å². The molecule has 0 aromatic carbocycles. The van der Waals surface area contributed by atoms with Crippen LogP contribution >= 0.6 is 24.0 Å². The maximum absolute atomic E-state index is 5.34. The summed E-state index contributed by atoms with van der Waals surface area (Å²) in [7, 11) is 1.86. The molecular weight excluding hydrogens is 529 g/mol. The summed E-state index contributed by atoms with van der Waals surface area (Å²) in [4.78, 5) is 18.3. The molecular formula is C24H38IN7O.